The number of ether oxygens (including phenoxy) is 2. The predicted molar refractivity (Wildman–Crippen MR) is 129 cm³/mol. The maximum atomic E-state index is 12.6. The van der Waals surface area contributed by atoms with E-state index in [4.69, 9.17) is 9.47 Å². The van der Waals surface area contributed by atoms with Gasteiger partial charge in [0.1, 0.15) is 11.5 Å². The summed E-state index contributed by atoms with van der Waals surface area (Å²) >= 11 is 0. The lowest BCUT2D eigenvalue weighted by Crippen LogP contribution is -2.35. The van der Waals surface area contributed by atoms with Gasteiger partial charge in [-0.1, -0.05) is 36.4 Å². The van der Waals surface area contributed by atoms with Crippen LogP contribution in [0.15, 0.2) is 72.8 Å². The summed E-state index contributed by atoms with van der Waals surface area (Å²) < 4.78 is 11.6. The molecule has 174 valence electrons. The fourth-order valence-corrected chi connectivity index (χ4v) is 4.50. The first-order chi connectivity index (χ1) is 16.7. The first-order valence-electron chi connectivity index (χ1n) is 11.7. The Morgan fingerprint density at radius 3 is 1.50 bits per heavy atom. The second-order valence-corrected chi connectivity index (χ2v) is 8.98. The van der Waals surface area contributed by atoms with Crippen LogP contribution in [-0.2, 0) is 12.8 Å². The number of amides is 2. The third kappa shape index (κ3) is 5.06. The van der Waals surface area contributed by atoms with Crippen LogP contribution in [0.5, 0.6) is 11.5 Å². The molecule has 0 saturated heterocycles. The molecule has 2 amide bonds. The van der Waals surface area contributed by atoms with Crippen molar-refractivity contribution >= 4 is 11.8 Å². The van der Waals surface area contributed by atoms with E-state index in [0.29, 0.717) is 37.4 Å². The van der Waals surface area contributed by atoms with Crippen molar-refractivity contribution in [2.24, 2.45) is 11.8 Å². The van der Waals surface area contributed by atoms with E-state index in [2.05, 4.69) is 22.8 Å². The molecule has 0 radical (unpaired) electrons. The van der Waals surface area contributed by atoms with Gasteiger partial charge in [0, 0.05) is 36.1 Å². The van der Waals surface area contributed by atoms with Crippen molar-refractivity contribution in [2.45, 2.75) is 12.8 Å². The molecule has 5 rings (SSSR count). The number of carbonyl (C=O) groups is 2. The largest absolute Gasteiger partial charge is 0.493 e. The molecule has 6 nitrogen and oxygen atoms in total. The second-order valence-electron chi connectivity index (χ2n) is 8.98. The van der Waals surface area contributed by atoms with Gasteiger partial charge in [-0.3, -0.25) is 9.59 Å². The fourth-order valence-electron chi connectivity index (χ4n) is 4.50. The molecule has 0 aliphatic carbocycles. The van der Waals surface area contributed by atoms with Crippen LogP contribution in [-0.4, -0.2) is 38.1 Å². The Kier molecular flexibility index (Phi) is 6.47. The van der Waals surface area contributed by atoms with Gasteiger partial charge in [0.25, 0.3) is 11.8 Å². The summed E-state index contributed by atoms with van der Waals surface area (Å²) in [4.78, 5) is 25.2. The molecule has 2 atom stereocenters. The number of nitrogens with one attached hydrogen (secondary N) is 2. The number of para-hydroxylation sites is 2. The summed E-state index contributed by atoms with van der Waals surface area (Å²) in [5, 5.41) is 5.98. The minimum atomic E-state index is -0.149. The minimum absolute atomic E-state index is 0.149. The van der Waals surface area contributed by atoms with Crippen LogP contribution >= 0.6 is 0 Å². The van der Waals surface area contributed by atoms with E-state index in [9.17, 15) is 9.59 Å². The van der Waals surface area contributed by atoms with E-state index in [-0.39, 0.29) is 23.7 Å². The maximum Gasteiger partial charge on any atom is 0.251 e. The van der Waals surface area contributed by atoms with E-state index < -0.39 is 0 Å². The molecule has 0 spiro atoms. The second kappa shape index (κ2) is 10.00. The van der Waals surface area contributed by atoms with E-state index in [1.54, 1.807) is 24.3 Å². The lowest BCUT2D eigenvalue weighted by molar-refractivity contribution is 0.0927. The van der Waals surface area contributed by atoms with Crippen LogP contribution in [0.4, 0.5) is 0 Å². The van der Waals surface area contributed by atoms with E-state index >= 15 is 0 Å². The van der Waals surface area contributed by atoms with Gasteiger partial charge in [-0.25, -0.2) is 0 Å². The SMILES string of the molecule is O=C(NCC1COc2ccccc2C1)c1ccc(C(=O)NCC2COc3ccccc3C2)cc1. The van der Waals surface area contributed by atoms with Gasteiger partial charge in [-0.05, 0) is 60.4 Å². The molecule has 2 unspecified atom stereocenters. The van der Waals surface area contributed by atoms with Gasteiger partial charge in [0.2, 0.25) is 0 Å². The molecule has 0 fully saturated rings. The minimum Gasteiger partial charge on any atom is -0.493 e. The highest BCUT2D eigenvalue weighted by Gasteiger charge is 2.21. The van der Waals surface area contributed by atoms with Crippen LogP contribution < -0.4 is 20.1 Å². The van der Waals surface area contributed by atoms with Crippen molar-refractivity contribution in [1.29, 1.82) is 0 Å². The van der Waals surface area contributed by atoms with Crippen molar-refractivity contribution in [3.63, 3.8) is 0 Å². The monoisotopic (exact) mass is 456 g/mol. The molecule has 2 heterocycles. The normalized spacial score (nSPS) is 18.5. The summed E-state index contributed by atoms with van der Waals surface area (Å²) in [5.74, 6) is 2.03. The highest BCUT2D eigenvalue weighted by atomic mass is 16.5. The number of rotatable bonds is 6. The number of benzene rings is 3. The highest BCUT2D eigenvalue weighted by Crippen LogP contribution is 2.27. The first kappa shape index (κ1) is 22.0. The van der Waals surface area contributed by atoms with Crippen LogP contribution in [0, 0.1) is 11.8 Å². The molecule has 2 N–H and O–H groups in total. The Morgan fingerprint density at radius 1 is 0.647 bits per heavy atom. The standard InChI is InChI=1S/C28H28N2O4/c31-27(29-15-19-13-23-5-1-3-7-25(23)33-17-19)21-9-11-22(12-10-21)28(32)30-16-20-14-24-6-2-4-8-26(24)34-18-20/h1-12,19-20H,13-18H2,(H,29,31)(H,30,32). The predicted octanol–water partition coefficient (Wildman–Crippen LogP) is 3.65. The molecule has 6 heteroatoms. The molecule has 0 bridgehead atoms. The van der Waals surface area contributed by atoms with E-state index in [0.717, 1.165) is 24.3 Å². The lowest BCUT2D eigenvalue weighted by Gasteiger charge is -2.25. The molecular weight excluding hydrogens is 428 g/mol. The molecule has 0 saturated carbocycles. The average molecular weight is 457 g/mol. The van der Waals surface area contributed by atoms with Crippen molar-refractivity contribution in [2.75, 3.05) is 26.3 Å². The topological polar surface area (TPSA) is 76.7 Å². The summed E-state index contributed by atoms with van der Waals surface area (Å²) in [7, 11) is 0. The Balaban J connectivity index is 1.09. The molecule has 34 heavy (non-hydrogen) atoms. The number of fused-ring (bicyclic) bond motifs is 2. The third-order valence-electron chi connectivity index (χ3n) is 6.42. The zero-order valence-electron chi connectivity index (χ0n) is 19.0. The third-order valence-corrected chi connectivity index (χ3v) is 6.42. The summed E-state index contributed by atoms with van der Waals surface area (Å²) in [6, 6.07) is 22.8. The van der Waals surface area contributed by atoms with Gasteiger partial charge in [0.15, 0.2) is 0 Å². The molecule has 2 aliphatic rings. The molecule has 0 aromatic heterocycles. The van der Waals surface area contributed by atoms with Crippen molar-refractivity contribution in [3.8, 4) is 11.5 Å². The summed E-state index contributed by atoms with van der Waals surface area (Å²) in [5.41, 5.74) is 3.41. The molecule has 3 aromatic rings. The molecular formula is C28H28N2O4. The summed E-state index contributed by atoms with van der Waals surface area (Å²) in [6.07, 6.45) is 1.76. The number of hydrogen-bond donors (Lipinski definition) is 2. The van der Waals surface area contributed by atoms with Crippen molar-refractivity contribution < 1.29 is 19.1 Å². The average Bonchev–Trinajstić information content (AvgIpc) is 2.90. The number of hydrogen-bond acceptors (Lipinski definition) is 4. The Bertz CT molecular complexity index is 1080. The van der Waals surface area contributed by atoms with Gasteiger partial charge in [0.05, 0.1) is 13.2 Å². The Morgan fingerprint density at radius 2 is 1.06 bits per heavy atom. The van der Waals surface area contributed by atoms with Crippen molar-refractivity contribution in [1.82, 2.24) is 10.6 Å². The van der Waals surface area contributed by atoms with Crippen LogP contribution in [0.3, 0.4) is 0 Å². The number of carbonyl (C=O) groups excluding carboxylic acids is 2. The van der Waals surface area contributed by atoms with E-state index in [1.165, 1.54) is 11.1 Å². The Labute approximate surface area is 199 Å². The van der Waals surface area contributed by atoms with E-state index in [1.807, 2.05) is 36.4 Å². The van der Waals surface area contributed by atoms with Crippen LogP contribution in [0.1, 0.15) is 31.8 Å². The smallest absolute Gasteiger partial charge is 0.251 e. The summed E-state index contributed by atoms with van der Waals surface area (Å²) in [6.45, 7) is 2.27. The van der Waals surface area contributed by atoms with Crippen LogP contribution in [0.25, 0.3) is 0 Å². The van der Waals surface area contributed by atoms with Crippen LogP contribution in [0.2, 0.25) is 0 Å². The fraction of sp³-hybridized carbons (Fsp3) is 0.286. The van der Waals surface area contributed by atoms with Crippen molar-refractivity contribution in [3.05, 3.63) is 95.1 Å². The quantitative estimate of drug-likeness (QED) is 0.594. The Hall–Kier alpha value is -3.80. The zero-order valence-corrected chi connectivity index (χ0v) is 19.0. The lowest BCUT2D eigenvalue weighted by atomic mass is 9.96. The van der Waals surface area contributed by atoms with Gasteiger partial charge in [-0.15, -0.1) is 0 Å². The van der Waals surface area contributed by atoms with Gasteiger partial charge >= 0.3 is 0 Å². The molecule has 2 aliphatic heterocycles. The zero-order chi connectivity index (χ0) is 23.3. The molecule has 3 aromatic carbocycles. The maximum absolute atomic E-state index is 12.6. The van der Waals surface area contributed by atoms with Gasteiger partial charge < -0.3 is 20.1 Å². The van der Waals surface area contributed by atoms with Gasteiger partial charge in [-0.2, -0.15) is 0 Å². The first-order valence-corrected chi connectivity index (χ1v) is 11.7. The highest BCUT2D eigenvalue weighted by molar-refractivity contribution is 5.97.